The van der Waals surface area contributed by atoms with Gasteiger partial charge in [0.2, 0.25) is 0 Å². The van der Waals surface area contributed by atoms with Crippen molar-refractivity contribution in [2.45, 2.75) is 17.4 Å². The normalized spacial score (nSPS) is 12.6. The molecule has 1 atom stereocenters. The lowest BCUT2D eigenvalue weighted by atomic mass is 10.2. The van der Waals surface area contributed by atoms with Crippen molar-refractivity contribution in [3.8, 4) is 0 Å². The number of hydrazine groups is 1. The van der Waals surface area contributed by atoms with Gasteiger partial charge in [-0.3, -0.25) is 11.3 Å². The Hall–Kier alpha value is -0.0400. The summed E-state index contributed by atoms with van der Waals surface area (Å²) in [6, 6.07) is 12.5. The second-order valence-electron chi connectivity index (χ2n) is 4.04. The molecule has 19 heavy (non-hydrogen) atoms. The number of benzene rings is 1. The van der Waals surface area contributed by atoms with Crippen molar-refractivity contribution in [3.63, 3.8) is 0 Å². The summed E-state index contributed by atoms with van der Waals surface area (Å²) in [6.07, 6.45) is 0.900. The Balaban J connectivity index is 1.87. The van der Waals surface area contributed by atoms with Crippen LogP contribution in [0.5, 0.6) is 0 Å². The van der Waals surface area contributed by atoms with E-state index in [9.17, 15) is 0 Å². The molecular formula is C13H14BrClN2S2. The minimum absolute atomic E-state index is 0.239. The van der Waals surface area contributed by atoms with Crippen LogP contribution in [0.25, 0.3) is 0 Å². The third kappa shape index (κ3) is 5.10. The van der Waals surface area contributed by atoms with Crippen molar-refractivity contribution in [2.24, 2.45) is 5.84 Å². The van der Waals surface area contributed by atoms with E-state index in [1.807, 2.05) is 18.2 Å². The molecule has 1 aromatic heterocycles. The molecule has 102 valence electrons. The molecule has 2 aromatic rings. The number of nitrogens with one attached hydrogen (secondary N) is 1. The van der Waals surface area contributed by atoms with Crippen LogP contribution in [0.2, 0.25) is 4.34 Å². The molecule has 0 saturated heterocycles. The number of thioether (sulfide) groups is 1. The first-order valence-corrected chi connectivity index (χ1v) is 8.73. The fourth-order valence-electron chi connectivity index (χ4n) is 1.60. The Morgan fingerprint density at radius 2 is 2.00 bits per heavy atom. The Bertz CT molecular complexity index is 516. The maximum absolute atomic E-state index is 5.93. The van der Waals surface area contributed by atoms with Crippen LogP contribution in [0.15, 0.2) is 45.8 Å². The molecule has 0 spiro atoms. The summed E-state index contributed by atoms with van der Waals surface area (Å²) >= 11 is 12.8. The quantitative estimate of drug-likeness (QED) is 0.447. The number of halogens is 2. The van der Waals surface area contributed by atoms with Gasteiger partial charge in [0, 0.05) is 26.0 Å². The van der Waals surface area contributed by atoms with Crippen LogP contribution in [0.4, 0.5) is 0 Å². The Labute approximate surface area is 134 Å². The van der Waals surface area contributed by atoms with Gasteiger partial charge in [-0.2, -0.15) is 0 Å². The summed E-state index contributed by atoms with van der Waals surface area (Å²) in [6.45, 7) is 0. The molecule has 2 rings (SSSR count). The lowest BCUT2D eigenvalue weighted by Gasteiger charge is -2.14. The summed E-state index contributed by atoms with van der Waals surface area (Å²) < 4.78 is 1.92. The van der Waals surface area contributed by atoms with Crippen LogP contribution in [-0.4, -0.2) is 11.8 Å². The molecule has 0 radical (unpaired) electrons. The summed E-state index contributed by atoms with van der Waals surface area (Å²) in [5.41, 5.74) is 2.87. The highest BCUT2D eigenvalue weighted by Gasteiger charge is 2.10. The average Bonchev–Trinajstić information content (AvgIpc) is 2.82. The Morgan fingerprint density at radius 3 is 2.58 bits per heavy atom. The van der Waals surface area contributed by atoms with Crippen molar-refractivity contribution in [2.75, 3.05) is 5.75 Å². The second-order valence-corrected chi connectivity index (χ2v) is 7.85. The number of thiophene rings is 1. The van der Waals surface area contributed by atoms with Gasteiger partial charge in [-0.15, -0.1) is 23.1 Å². The maximum Gasteiger partial charge on any atom is 0.0931 e. The monoisotopic (exact) mass is 376 g/mol. The summed E-state index contributed by atoms with van der Waals surface area (Å²) in [5, 5.41) is 0. The third-order valence-electron chi connectivity index (χ3n) is 2.58. The summed E-state index contributed by atoms with van der Waals surface area (Å²) in [5.74, 6) is 6.54. The van der Waals surface area contributed by atoms with Crippen molar-refractivity contribution >= 4 is 50.6 Å². The topological polar surface area (TPSA) is 38.0 Å². The lowest BCUT2D eigenvalue weighted by molar-refractivity contribution is 0.579. The molecule has 0 fully saturated rings. The average molecular weight is 378 g/mol. The first-order valence-electron chi connectivity index (χ1n) is 5.76. The molecule has 0 aliphatic carbocycles. The van der Waals surface area contributed by atoms with Crippen LogP contribution in [0.1, 0.15) is 4.88 Å². The van der Waals surface area contributed by atoms with Crippen LogP contribution in [0.3, 0.4) is 0 Å². The highest BCUT2D eigenvalue weighted by atomic mass is 79.9. The van der Waals surface area contributed by atoms with Gasteiger partial charge in [-0.1, -0.05) is 27.5 Å². The van der Waals surface area contributed by atoms with E-state index in [2.05, 4.69) is 39.6 Å². The van der Waals surface area contributed by atoms with Gasteiger partial charge in [0.15, 0.2) is 0 Å². The van der Waals surface area contributed by atoms with Gasteiger partial charge in [0.1, 0.15) is 0 Å². The van der Waals surface area contributed by atoms with Crippen molar-refractivity contribution in [3.05, 3.63) is 50.1 Å². The van der Waals surface area contributed by atoms with Crippen molar-refractivity contribution < 1.29 is 0 Å². The molecule has 1 unspecified atom stereocenters. The number of hydrogen-bond donors (Lipinski definition) is 2. The maximum atomic E-state index is 5.93. The highest BCUT2D eigenvalue weighted by Crippen LogP contribution is 2.25. The van der Waals surface area contributed by atoms with Crippen LogP contribution in [0, 0.1) is 0 Å². The SMILES string of the molecule is NNC(CSc1ccc(Br)cc1)Cc1ccc(Cl)s1. The largest absolute Gasteiger partial charge is 0.271 e. The molecule has 0 aliphatic heterocycles. The van der Waals surface area contributed by atoms with Crippen LogP contribution in [-0.2, 0) is 6.42 Å². The minimum Gasteiger partial charge on any atom is -0.271 e. The predicted octanol–water partition coefficient (Wildman–Crippen LogP) is 4.33. The van der Waals surface area contributed by atoms with Gasteiger partial charge in [0.25, 0.3) is 0 Å². The van der Waals surface area contributed by atoms with E-state index in [4.69, 9.17) is 17.4 Å². The van der Waals surface area contributed by atoms with Gasteiger partial charge in [-0.05, 0) is 42.8 Å². The lowest BCUT2D eigenvalue weighted by Crippen LogP contribution is -2.38. The number of hydrogen-bond acceptors (Lipinski definition) is 4. The molecule has 0 saturated carbocycles. The molecular weight excluding hydrogens is 364 g/mol. The smallest absolute Gasteiger partial charge is 0.0931 e. The van der Waals surface area contributed by atoms with Crippen molar-refractivity contribution in [1.29, 1.82) is 0 Å². The Kier molecular flexibility index (Phi) is 6.19. The predicted molar refractivity (Wildman–Crippen MR) is 89.0 cm³/mol. The fraction of sp³-hybridized carbons (Fsp3) is 0.231. The van der Waals surface area contributed by atoms with E-state index in [1.165, 1.54) is 9.77 Å². The zero-order valence-electron chi connectivity index (χ0n) is 10.1. The van der Waals surface area contributed by atoms with Gasteiger partial charge < -0.3 is 0 Å². The Morgan fingerprint density at radius 1 is 1.26 bits per heavy atom. The van der Waals surface area contributed by atoms with Crippen LogP contribution < -0.4 is 11.3 Å². The van der Waals surface area contributed by atoms with E-state index in [1.54, 1.807) is 23.1 Å². The van der Waals surface area contributed by atoms with E-state index >= 15 is 0 Å². The zero-order valence-corrected chi connectivity index (χ0v) is 14.1. The molecule has 0 amide bonds. The first-order chi connectivity index (χ1) is 9.17. The van der Waals surface area contributed by atoms with E-state index < -0.39 is 0 Å². The second kappa shape index (κ2) is 7.67. The van der Waals surface area contributed by atoms with Gasteiger partial charge in [-0.25, -0.2) is 0 Å². The van der Waals surface area contributed by atoms with E-state index in [0.29, 0.717) is 0 Å². The zero-order chi connectivity index (χ0) is 13.7. The van der Waals surface area contributed by atoms with E-state index in [-0.39, 0.29) is 6.04 Å². The third-order valence-corrected chi connectivity index (χ3v) is 5.53. The minimum atomic E-state index is 0.239. The molecule has 1 aromatic carbocycles. The highest BCUT2D eigenvalue weighted by molar-refractivity contribution is 9.10. The standard InChI is InChI=1S/C13H14BrClN2S2/c14-9-1-3-11(4-2-9)18-8-10(17-16)7-12-5-6-13(15)19-12/h1-6,10,17H,7-8,16H2. The van der Waals surface area contributed by atoms with Crippen molar-refractivity contribution in [1.82, 2.24) is 5.43 Å². The number of nitrogens with two attached hydrogens (primary N) is 1. The van der Waals surface area contributed by atoms with Gasteiger partial charge >= 0.3 is 0 Å². The van der Waals surface area contributed by atoms with Crippen LogP contribution >= 0.6 is 50.6 Å². The summed E-state index contributed by atoms with van der Waals surface area (Å²) in [7, 11) is 0. The first kappa shape index (κ1) is 15.4. The van der Waals surface area contributed by atoms with E-state index in [0.717, 1.165) is 21.0 Å². The molecule has 6 heteroatoms. The van der Waals surface area contributed by atoms with Gasteiger partial charge in [0.05, 0.1) is 4.34 Å². The summed E-state index contributed by atoms with van der Waals surface area (Å²) in [4.78, 5) is 2.50. The molecule has 0 aliphatic rings. The molecule has 2 nitrogen and oxygen atoms in total. The molecule has 3 N–H and O–H groups in total. The fourth-order valence-corrected chi connectivity index (χ4v) is 3.97. The molecule has 1 heterocycles. The molecule has 0 bridgehead atoms. The number of rotatable bonds is 6.